The van der Waals surface area contributed by atoms with Crippen LogP contribution in [0.4, 0.5) is 24.5 Å². The molecule has 4 aromatic carbocycles. The predicted octanol–water partition coefficient (Wildman–Crippen LogP) is 9.31. The Hall–Kier alpha value is -5.70. The van der Waals surface area contributed by atoms with Crippen LogP contribution in [0.3, 0.4) is 0 Å². The number of β-amino-alcohol motifs (C(OH)–C–C–N with tert-alkyl or cyclic N) is 1. The number of thiophene rings is 1. The summed E-state index contributed by atoms with van der Waals surface area (Å²) in [4.78, 5) is 13.0. The zero-order chi connectivity index (χ0) is 45.3. The first-order valence-corrected chi connectivity index (χ1v) is 23.4. The number of hydrogen-bond donors (Lipinski definition) is 2. The fraction of sp³-hybridized carbons (Fsp3) is 0.392. The third-order valence-corrected chi connectivity index (χ3v) is 15.6. The van der Waals surface area contributed by atoms with Crippen LogP contribution in [0.5, 0.6) is 11.5 Å². The third-order valence-electron chi connectivity index (χ3n) is 14.4. The normalized spacial score (nSPS) is 20.8. The zero-order valence-electron chi connectivity index (χ0n) is 37.4. The van der Waals surface area contributed by atoms with Gasteiger partial charge in [-0.15, -0.1) is 21.5 Å². The molecule has 338 valence electrons. The SMILES string of the molecule is COc1cc(N2CCC(O)(CN3CCN(c4cc(F)c([C@@H]5c6ccc(O)cc6CC[C@@H]5c5ccc(F)cc5)c(F)c4)CC3)CC2)ccc1C1=N[C@@H](C)c2nnc(C)n2-c2sc(C)c(C)c21. The Morgan fingerprint density at radius 1 is 0.831 bits per heavy atom. The molecule has 3 aliphatic heterocycles. The van der Waals surface area contributed by atoms with Gasteiger partial charge in [-0.3, -0.25) is 14.5 Å². The van der Waals surface area contributed by atoms with Gasteiger partial charge < -0.3 is 24.7 Å². The molecular formula is C51H54F3N7O3S. The number of piperidine rings is 1. The average Bonchev–Trinajstić information content (AvgIpc) is 3.78. The molecule has 0 saturated carbocycles. The van der Waals surface area contributed by atoms with E-state index < -0.39 is 23.2 Å². The van der Waals surface area contributed by atoms with E-state index in [2.05, 4.69) is 63.5 Å². The standard InChI is InChI=1S/C51H54F3N7O3S/c1-29-31(3)65-50-45(29)48(55-30(2)49-57-56-32(4)61(49)50)41-14-11-36(27-44(41)64-5)59-18-16-51(63,17-19-59)28-58-20-22-60(23-21-58)37-25-42(53)47(43(54)26-37)46-39(33-6-9-35(52)10-7-33)13-8-34-24-38(62)12-15-40(34)46/h6-7,9-12,14-15,24-27,30,39,46,62-63H,8,13,16-23,28H2,1-5H3/t30-,39+,46-/m0/s1. The summed E-state index contributed by atoms with van der Waals surface area (Å²) in [6, 6.07) is 20.2. The molecule has 14 heteroatoms. The molecule has 2 saturated heterocycles. The number of fused-ring (bicyclic) bond motifs is 4. The van der Waals surface area contributed by atoms with Gasteiger partial charge in [-0.2, -0.15) is 0 Å². The van der Waals surface area contributed by atoms with Crippen molar-refractivity contribution < 1.29 is 28.1 Å². The number of nitrogens with zero attached hydrogens (tertiary/aromatic N) is 7. The minimum atomic E-state index is -0.871. The van der Waals surface area contributed by atoms with Crippen molar-refractivity contribution in [3.63, 3.8) is 0 Å². The Balaban J connectivity index is 0.800. The number of benzene rings is 4. The van der Waals surface area contributed by atoms with Crippen LogP contribution in [-0.2, 0) is 6.42 Å². The Kier molecular flexibility index (Phi) is 11.3. The Morgan fingerprint density at radius 2 is 1.54 bits per heavy atom. The summed E-state index contributed by atoms with van der Waals surface area (Å²) in [5, 5.41) is 32.1. The Morgan fingerprint density at radius 3 is 2.25 bits per heavy atom. The Labute approximate surface area is 381 Å². The molecule has 10 nitrogen and oxygen atoms in total. The van der Waals surface area contributed by atoms with Crippen molar-refractivity contribution >= 4 is 28.4 Å². The van der Waals surface area contributed by atoms with Crippen LogP contribution in [0.2, 0.25) is 0 Å². The predicted molar refractivity (Wildman–Crippen MR) is 249 cm³/mol. The molecule has 5 heterocycles. The van der Waals surface area contributed by atoms with Crippen molar-refractivity contribution in [1.29, 1.82) is 0 Å². The van der Waals surface area contributed by atoms with E-state index in [1.54, 1.807) is 48.8 Å². The molecular weight excluding hydrogens is 848 g/mol. The van der Waals surface area contributed by atoms with E-state index in [0.29, 0.717) is 77.2 Å². The lowest BCUT2D eigenvalue weighted by Crippen LogP contribution is -2.55. The summed E-state index contributed by atoms with van der Waals surface area (Å²) in [6.45, 7) is 12.6. The molecule has 0 amide bonds. The second kappa shape index (κ2) is 16.9. The van der Waals surface area contributed by atoms with Gasteiger partial charge in [0.2, 0.25) is 0 Å². The topological polar surface area (TPSA) is 102 Å². The molecule has 2 aromatic heterocycles. The van der Waals surface area contributed by atoms with Crippen molar-refractivity contribution in [2.75, 3.05) is 62.7 Å². The van der Waals surface area contributed by atoms with Gasteiger partial charge in [-0.1, -0.05) is 18.2 Å². The maximum Gasteiger partial charge on any atom is 0.162 e. The number of aromatic nitrogens is 3. The molecule has 3 atom stereocenters. The Bertz CT molecular complexity index is 2780. The van der Waals surface area contributed by atoms with Gasteiger partial charge in [-0.05, 0) is 130 Å². The number of phenols is 1. The summed E-state index contributed by atoms with van der Waals surface area (Å²) in [7, 11) is 1.70. The monoisotopic (exact) mass is 901 g/mol. The number of aliphatic imine (C=N–C) groups is 1. The van der Waals surface area contributed by atoms with Gasteiger partial charge >= 0.3 is 0 Å². The van der Waals surface area contributed by atoms with Gasteiger partial charge in [0.05, 0.1) is 18.4 Å². The summed E-state index contributed by atoms with van der Waals surface area (Å²) in [6.07, 6.45) is 2.42. The van der Waals surface area contributed by atoms with Crippen molar-refractivity contribution in [2.24, 2.45) is 4.99 Å². The largest absolute Gasteiger partial charge is 0.508 e. The van der Waals surface area contributed by atoms with E-state index in [1.165, 1.54) is 34.7 Å². The molecule has 10 rings (SSSR count). The third kappa shape index (κ3) is 7.86. The maximum atomic E-state index is 16.4. The van der Waals surface area contributed by atoms with E-state index in [4.69, 9.17) is 9.73 Å². The van der Waals surface area contributed by atoms with Crippen LogP contribution < -0.4 is 14.5 Å². The van der Waals surface area contributed by atoms with Crippen molar-refractivity contribution in [2.45, 2.75) is 76.9 Å². The zero-order valence-corrected chi connectivity index (χ0v) is 38.2. The quantitative estimate of drug-likeness (QED) is 0.156. The van der Waals surface area contributed by atoms with Crippen molar-refractivity contribution in [1.82, 2.24) is 19.7 Å². The number of anilines is 2. The second-order valence-corrected chi connectivity index (χ2v) is 19.5. The number of aliphatic hydroxyl groups is 1. The molecule has 65 heavy (non-hydrogen) atoms. The lowest BCUT2D eigenvalue weighted by atomic mass is 9.69. The molecule has 1 aliphatic carbocycles. The number of piperazine rings is 1. The average molecular weight is 902 g/mol. The second-order valence-electron chi connectivity index (χ2n) is 18.3. The van der Waals surface area contributed by atoms with Crippen LogP contribution in [0, 0.1) is 38.2 Å². The van der Waals surface area contributed by atoms with E-state index >= 15 is 8.78 Å². The highest BCUT2D eigenvalue weighted by molar-refractivity contribution is 7.15. The van der Waals surface area contributed by atoms with Crippen LogP contribution >= 0.6 is 11.3 Å². The molecule has 2 fully saturated rings. The highest BCUT2D eigenvalue weighted by atomic mass is 32.1. The number of rotatable bonds is 8. The van der Waals surface area contributed by atoms with Crippen molar-refractivity contribution in [3.8, 4) is 16.5 Å². The number of aryl methyl sites for hydroxylation is 3. The summed E-state index contributed by atoms with van der Waals surface area (Å²) < 4.78 is 55.0. The highest BCUT2D eigenvalue weighted by Gasteiger charge is 2.38. The summed E-state index contributed by atoms with van der Waals surface area (Å²) in [5.74, 6) is -0.0275. The van der Waals surface area contributed by atoms with Crippen LogP contribution in [0.15, 0.2) is 77.8 Å². The number of ether oxygens (including phenoxy) is 1. The lowest BCUT2D eigenvalue weighted by Gasteiger charge is -2.44. The minimum Gasteiger partial charge on any atom is -0.508 e. The first-order valence-electron chi connectivity index (χ1n) is 22.6. The molecule has 6 aromatic rings. The minimum absolute atomic E-state index is 0.0101. The van der Waals surface area contributed by atoms with Crippen molar-refractivity contribution in [3.05, 3.63) is 146 Å². The number of hydrogen-bond acceptors (Lipinski definition) is 10. The maximum absolute atomic E-state index is 16.4. The number of phenolic OH excluding ortho intramolecular Hbond substituents is 1. The van der Waals surface area contributed by atoms with Gasteiger partial charge in [-0.25, -0.2) is 13.2 Å². The molecule has 0 unspecified atom stereocenters. The van der Waals surface area contributed by atoms with E-state index in [9.17, 15) is 14.6 Å². The number of aromatic hydroxyl groups is 1. The molecule has 0 radical (unpaired) electrons. The van der Waals surface area contributed by atoms with E-state index in [1.807, 2.05) is 11.8 Å². The van der Waals surface area contributed by atoms with E-state index in [0.717, 1.165) is 61.6 Å². The smallest absolute Gasteiger partial charge is 0.162 e. The number of halogens is 3. The summed E-state index contributed by atoms with van der Waals surface area (Å²) >= 11 is 1.73. The molecule has 2 N–H and O–H groups in total. The van der Waals surface area contributed by atoms with Gasteiger partial charge in [0.25, 0.3) is 0 Å². The summed E-state index contributed by atoms with van der Waals surface area (Å²) in [5.41, 5.74) is 7.13. The van der Waals surface area contributed by atoms with Gasteiger partial charge in [0.1, 0.15) is 45.8 Å². The first-order chi connectivity index (χ1) is 31.3. The lowest BCUT2D eigenvalue weighted by molar-refractivity contribution is -0.0173. The molecule has 0 bridgehead atoms. The molecule has 0 spiro atoms. The fourth-order valence-electron chi connectivity index (χ4n) is 10.7. The van der Waals surface area contributed by atoms with Crippen LogP contribution in [0.25, 0.3) is 5.00 Å². The van der Waals surface area contributed by atoms with Gasteiger partial charge in [0, 0.05) is 90.7 Å². The van der Waals surface area contributed by atoms with Gasteiger partial charge in [0.15, 0.2) is 5.82 Å². The van der Waals surface area contributed by atoms with Crippen LogP contribution in [-0.4, -0.2) is 94.1 Å². The fourth-order valence-corrected chi connectivity index (χ4v) is 12.0. The van der Waals surface area contributed by atoms with E-state index in [-0.39, 0.29) is 29.1 Å². The highest BCUT2D eigenvalue weighted by Crippen LogP contribution is 2.49. The van der Waals surface area contributed by atoms with Crippen LogP contribution in [0.1, 0.15) is 99.5 Å². The molecule has 4 aliphatic rings. The number of methoxy groups -OCH3 is 1. The first kappa shape index (κ1) is 43.2.